The van der Waals surface area contributed by atoms with E-state index in [1.165, 1.54) is 0 Å². The topological polar surface area (TPSA) is 43.7 Å². The van der Waals surface area contributed by atoms with Gasteiger partial charge in [0.25, 0.3) is 0 Å². The van der Waals surface area contributed by atoms with Crippen molar-refractivity contribution >= 4 is 0 Å². The number of hydrogen-bond donors (Lipinski definition) is 2. The molecule has 0 aromatic heterocycles. The van der Waals surface area contributed by atoms with Crippen molar-refractivity contribution < 1.29 is 10.2 Å². The Morgan fingerprint density at radius 3 is 2.15 bits per heavy atom. The van der Waals surface area contributed by atoms with Crippen molar-refractivity contribution in [1.29, 1.82) is 0 Å². The molecule has 3 heteroatoms. The monoisotopic (exact) mass is 185 g/mol. The number of nitrogens with zero attached hydrogens (tertiary/aromatic N) is 1. The maximum absolute atomic E-state index is 10.1. The summed E-state index contributed by atoms with van der Waals surface area (Å²) in [5, 5.41) is 19.6. The Labute approximate surface area is 79.4 Å². The van der Waals surface area contributed by atoms with Gasteiger partial charge in [-0.3, -0.25) is 4.90 Å². The Morgan fingerprint density at radius 2 is 1.69 bits per heavy atom. The molecule has 1 aliphatic carbocycles. The molecule has 2 rings (SSSR count). The highest BCUT2D eigenvalue weighted by atomic mass is 16.3. The number of rotatable bonds is 2. The Hall–Kier alpha value is -0.120. The largest absolute Gasteiger partial charge is 0.389 e. The summed E-state index contributed by atoms with van der Waals surface area (Å²) in [6.45, 7) is 4.04. The van der Waals surface area contributed by atoms with Crippen molar-refractivity contribution in [3.8, 4) is 0 Å². The molecule has 0 radical (unpaired) electrons. The molecule has 1 heterocycles. The second kappa shape index (κ2) is 2.94. The Bertz CT molecular complexity index is 189. The quantitative estimate of drug-likeness (QED) is 0.653. The van der Waals surface area contributed by atoms with Crippen LogP contribution in [0, 0.1) is 0 Å². The van der Waals surface area contributed by atoms with E-state index < -0.39 is 11.2 Å². The second-order valence-corrected chi connectivity index (χ2v) is 5.07. The molecular formula is C10H19NO2. The number of aliphatic hydroxyl groups is 2. The fourth-order valence-corrected chi connectivity index (χ4v) is 2.64. The molecule has 0 aromatic carbocycles. The molecule has 2 fully saturated rings. The lowest BCUT2D eigenvalue weighted by Crippen LogP contribution is -2.62. The normalized spacial score (nSPS) is 31.6. The van der Waals surface area contributed by atoms with Crippen molar-refractivity contribution in [2.45, 2.75) is 43.8 Å². The van der Waals surface area contributed by atoms with E-state index in [0.29, 0.717) is 0 Å². The minimum absolute atomic E-state index is 0.448. The zero-order valence-electron chi connectivity index (χ0n) is 8.29. The third-order valence-electron chi connectivity index (χ3n) is 3.18. The van der Waals surface area contributed by atoms with E-state index >= 15 is 0 Å². The maximum atomic E-state index is 10.1. The smallest absolute Gasteiger partial charge is 0.0872 e. The summed E-state index contributed by atoms with van der Waals surface area (Å²) in [4.78, 5) is 2.14. The fourth-order valence-electron chi connectivity index (χ4n) is 2.64. The highest BCUT2D eigenvalue weighted by Gasteiger charge is 2.41. The third kappa shape index (κ3) is 2.03. The number of likely N-dealkylation sites (tertiary alicyclic amines) is 1. The van der Waals surface area contributed by atoms with E-state index in [9.17, 15) is 10.2 Å². The number of hydrogen-bond acceptors (Lipinski definition) is 3. The van der Waals surface area contributed by atoms with E-state index in [1.54, 1.807) is 0 Å². The van der Waals surface area contributed by atoms with Crippen molar-refractivity contribution in [2.24, 2.45) is 0 Å². The summed E-state index contributed by atoms with van der Waals surface area (Å²) in [6, 6.07) is 0. The predicted octanol–water partition coefficient (Wildman–Crippen LogP) is 0.358. The lowest BCUT2D eigenvalue weighted by atomic mass is 9.93. The van der Waals surface area contributed by atoms with Gasteiger partial charge in [-0.25, -0.2) is 0 Å². The van der Waals surface area contributed by atoms with Crippen LogP contribution in [0.25, 0.3) is 0 Å². The van der Waals surface area contributed by atoms with Crippen LogP contribution >= 0.6 is 0 Å². The van der Waals surface area contributed by atoms with Crippen LogP contribution in [0.4, 0.5) is 0 Å². The average molecular weight is 185 g/mol. The SMILES string of the molecule is CC1(O)CN(CC2(O)CCCC2)C1. The first-order chi connectivity index (χ1) is 5.99. The van der Waals surface area contributed by atoms with Crippen LogP contribution < -0.4 is 0 Å². The molecule has 0 aromatic rings. The molecule has 1 aliphatic heterocycles. The van der Waals surface area contributed by atoms with Gasteiger partial charge in [0.05, 0.1) is 11.2 Å². The van der Waals surface area contributed by atoms with Crippen molar-refractivity contribution in [1.82, 2.24) is 4.90 Å². The van der Waals surface area contributed by atoms with Gasteiger partial charge in [0.1, 0.15) is 0 Å². The van der Waals surface area contributed by atoms with E-state index in [0.717, 1.165) is 45.3 Å². The molecule has 0 unspecified atom stereocenters. The van der Waals surface area contributed by atoms with Gasteiger partial charge in [0.15, 0.2) is 0 Å². The zero-order valence-corrected chi connectivity index (χ0v) is 8.29. The predicted molar refractivity (Wildman–Crippen MR) is 50.5 cm³/mol. The molecule has 13 heavy (non-hydrogen) atoms. The minimum atomic E-state index is -0.505. The minimum Gasteiger partial charge on any atom is -0.389 e. The van der Waals surface area contributed by atoms with E-state index in [1.807, 2.05) is 6.92 Å². The van der Waals surface area contributed by atoms with Gasteiger partial charge in [-0.05, 0) is 19.8 Å². The van der Waals surface area contributed by atoms with Gasteiger partial charge in [-0.2, -0.15) is 0 Å². The van der Waals surface area contributed by atoms with E-state index in [-0.39, 0.29) is 0 Å². The highest BCUT2D eigenvalue weighted by Crippen LogP contribution is 2.32. The van der Waals surface area contributed by atoms with Gasteiger partial charge in [-0.1, -0.05) is 12.8 Å². The van der Waals surface area contributed by atoms with Gasteiger partial charge < -0.3 is 10.2 Å². The van der Waals surface area contributed by atoms with Crippen LogP contribution in [0.5, 0.6) is 0 Å². The van der Waals surface area contributed by atoms with Crippen molar-refractivity contribution in [2.75, 3.05) is 19.6 Å². The molecular weight excluding hydrogens is 166 g/mol. The molecule has 76 valence electrons. The Morgan fingerprint density at radius 1 is 1.15 bits per heavy atom. The molecule has 1 saturated heterocycles. The summed E-state index contributed by atoms with van der Waals surface area (Å²) in [6.07, 6.45) is 4.18. The lowest BCUT2D eigenvalue weighted by molar-refractivity contribution is -0.112. The van der Waals surface area contributed by atoms with Crippen molar-refractivity contribution in [3.05, 3.63) is 0 Å². The first kappa shape index (κ1) is 9.44. The van der Waals surface area contributed by atoms with Crippen LogP contribution in [0.1, 0.15) is 32.6 Å². The summed E-state index contributed by atoms with van der Waals surface area (Å²) >= 11 is 0. The highest BCUT2D eigenvalue weighted by molar-refractivity contribution is 4.96. The molecule has 0 amide bonds. The molecule has 2 aliphatic rings. The molecule has 0 atom stereocenters. The zero-order chi connectivity index (χ0) is 9.53. The van der Waals surface area contributed by atoms with Gasteiger partial charge in [0, 0.05) is 19.6 Å². The molecule has 3 nitrogen and oxygen atoms in total. The lowest BCUT2D eigenvalue weighted by Gasteiger charge is -2.46. The Kier molecular flexibility index (Phi) is 2.13. The van der Waals surface area contributed by atoms with Gasteiger partial charge in [-0.15, -0.1) is 0 Å². The number of β-amino-alcohol motifs (C(OH)–C–C–N with tert-alkyl or cyclic N) is 2. The third-order valence-corrected chi connectivity index (χ3v) is 3.18. The average Bonchev–Trinajstić information content (AvgIpc) is 2.32. The first-order valence-electron chi connectivity index (χ1n) is 5.16. The van der Waals surface area contributed by atoms with E-state index in [2.05, 4.69) is 4.90 Å². The molecule has 2 N–H and O–H groups in total. The molecule has 0 bridgehead atoms. The van der Waals surface area contributed by atoms with Crippen LogP contribution in [0.3, 0.4) is 0 Å². The summed E-state index contributed by atoms with van der Waals surface area (Å²) in [5.41, 5.74) is -0.953. The Balaban J connectivity index is 1.79. The second-order valence-electron chi connectivity index (χ2n) is 5.07. The van der Waals surface area contributed by atoms with E-state index in [4.69, 9.17) is 0 Å². The fraction of sp³-hybridized carbons (Fsp3) is 1.00. The van der Waals surface area contributed by atoms with Gasteiger partial charge >= 0.3 is 0 Å². The van der Waals surface area contributed by atoms with Crippen molar-refractivity contribution in [3.63, 3.8) is 0 Å². The van der Waals surface area contributed by atoms with Crippen LogP contribution in [-0.4, -0.2) is 45.9 Å². The van der Waals surface area contributed by atoms with Crippen LogP contribution in [0.2, 0.25) is 0 Å². The molecule has 1 saturated carbocycles. The summed E-state index contributed by atoms with van der Waals surface area (Å²) < 4.78 is 0. The van der Waals surface area contributed by atoms with Gasteiger partial charge in [0.2, 0.25) is 0 Å². The maximum Gasteiger partial charge on any atom is 0.0872 e. The summed E-state index contributed by atoms with van der Waals surface area (Å²) in [5.74, 6) is 0. The first-order valence-corrected chi connectivity index (χ1v) is 5.16. The standard InChI is InChI=1S/C10H19NO2/c1-9(12)6-11(7-9)8-10(13)4-2-3-5-10/h12-13H,2-8H2,1H3. The van der Waals surface area contributed by atoms with Crippen LogP contribution in [-0.2, 0) is 0 Å². The molecule has 0 spiro atoms. The van der Waals surface area contributed by atoms with Crippen LogP contribution in [0.15, 0.2) is 0 Å². The summed E-state index contributed by atoms with van der Waals surface area (Å²) in [7, 11) is 0.